The number of methoxy groups -OCH3 is 2. The van der Waals surface area contributed by atoms with Crippen LogP contribution in [0.25, 0.3) is 0 Å². The average Bonchev–Trinajstić information content (AvgIpc) is 2.84. The molecule has 1 fully saturated rings. The van der Waals surface area contributed by atoms with Crippen molar-refractivity contribution in [3.05, 3.63) is 41.2 Å². The van der Waals surface area contributed by atoms with Gasteiger partial charge in [-0.25, -0.2) is 23.1 Å². The van der Waals surface area contributed by atoms with Crippen LogP contribution in [0.15, 0.2) is 24.4 Å². The van der Waals surface area contributed by atoms with Crippen LogP contribution >= 0.6 is 0 Å². The van der Waals surface area contributed by atoms with Crippen molar-refractivity contribution >= 4 is 27.6 Å². The number of benzene rings is 1. The number of hydrogen-bond donors (Lipinski definition) is 3. The molecule has 0 unspecified atom stereocenters. The molecular weight excluding hydrogens is 539 g/mol. The van der Waals surface area contributed by atoms with E-state index in [2.05, 4.69) is 25.3 Å². The van der Waals surface area contributed by atoms with Crippen LogP contribution in [0.1, 0.15) is 54.7 Å². The molecule has 3 N–H and O–H groups in total. The molecule has 39 heavy (non-hydrogen) atoms. The van der Waals surface area contributed by atoms with Gasteiger partial charge in [0, 0.05) is 31.5 Å². The zero-order valence-corrected chi connectivity index (χ0v) is 22.2. The number of hydrogen-bond acceptors (Lipinski definition) is 8. The first-order chi connectivity index (χ1) is 17.9. The number of carbonyl (C=O) groups excluding carboxylic acids is 1. The van der Waals surface area contributed by atoms with E-state index in [0.29, 0.717) is 37.9 Å². The van der Waals surface area contributed by atoms with E-state index in [-0.39, 0.29) is 48.6 Å². The fourth-order valence-electron chi connectivity index (χ4n) is 4.44. The van der Waals surface area contributed by atoms with E-state index in [1.54, 1.807) is 12.1 Å². The van der Waals surface area contributed by atoms with Crippen molar-refractivity contribution in [2.75, 3.05) is 38.9 Å². The SMILES string of the molecule is C.COCCNC(=O)c1ccc(OC)c(Nc2ncc(C(F)(F)F)c(C[C@@H]3CCCC[C@H]3NS(C)(=O)=O)n2)c1. The minimum atomic E-state index is -4.69. The summed E-state index contributed by atoms with van der Waals surface area (Å²) in [5.41, 5.74) is -0.653. The van der Waals surface area contributed by atoms with E-state index in [1.165, 1.54) is 20.3 Å². The van der Waals surface area contributed by atoms with Crippen LogP contribution in [0.3, 0.4) is 0 Å². The number of ether oxygens (including phenoxy) is 2. The second-order valence-corrected chi connectivity index (χ2v) is 10.9. The van der Waals surface area contributed by atoms with Gasteiger partial charge < -0.3 is 20.1 Å². The van der Waals surface area contributed by atoms with Crippen molar-refractivity contribution in [2.45, 2.75) is 51.7 Å². The quantitative estimate of drug-likeness (QED) is 0.344. The first-order valence-electron chi connectivity index (χ1n) is 12.0. The number of anilines is 2. The monoisotopic (exact) mass is 575 g/mol. The number of carbonyl (C=O) groups is 1. The van der Waals surface area contributed by atoms with E-state index in [1.807, 2.05) is 0 Å². The summed E-state index contributed by atoms with van der Waals surface area (Å²) in [5.74, 6) is -0.528. The van der Waals surface area contributed by atoms with E-state index in [4.69, 9.17) is 9.47 Å². The van der Waals surface area contributed by atoms with Gasteiger partial charge in [0.05, 0.1) is 36.9 Å². The lowest BCUT2D eigenvalue weighted by molar-refractivity contribution is -0.138. The number of halogens is 3. The van der Waals surface area contributed by atoms with Gasteiger partial charge in [-0.1, -0.05) is 20.3 Å². The van der Waals surface area contributed by atoms with Crippen LogP contribution in [0, 0.1) is 5.92 Å². The Hall–Kier alpha value is -2.97. The molecule has 3 rings (SSSR count). The van der Waals surface area contributed by atoms with Gasteiger partial charge in [0.25, 0.3) is 5.91 Å². The van der Waals surface area contributed by atoms with Crippen molar-refractivity contribution in [1.29, 1.82) is 0 Å². The molecule has 1 heterocycles. The Morgan fingerprint density at radius 2 is 1.90 bits per heavy atom. The second kappa shape index (κ2) is 13.9. The highest BCUT2D eigenvalue weighted by molar-refractivity contribution is 7.88. The molecule has 0 bridgehead atoms. The third kappa shape index (κ3) is 9.32. The molecule has 1 aromatic carbocycles. The Balaban J connectivity index is 0.00000533. The van der Waals surface area contributed by atoms with Gasteiger partial charge in [-0.15, -0.1) is 0 Å². The molecule has 2 atom stereocenters. The van der Waals surface area contributed by atoms with Crippen LogP contribution in [-0.4, -0.2) is 64.0 Å². The first-order valence-corrected chi connectivity index (χ1v) is 13.9. The fourth-order valence-corrected chi connectivity index (χ4v) is 5.30. The highest BCUT2D eigenvalue weighted by Crippen LogP contribution is 2.36. The van der Waals surface area contributed by atoms with Crippen LogP contribution in [0.5, 0.6) is 5.75 Å². The zero-order chi connectivity index (χ0) is 27.9. The Bertz CT molecular complexity index is 1230. The molecular formula is C25H36F3N5O5S. The molecule has 0 radical (unpaired) electrons. The van der Waals surface area contributed by atoms with E-state index in [0.717, 1.165) is 19.1 Å². The van der Waals surface area contributed by atoms with Crippen LogP contribution in [0.4, 0.5) is 24.8 Å². The van der Waals surface area contributed by atoms with Gasteiger partial charge >= 0.3 is 6.18 Å². The standard InChI is InChI=1S/C24H32F3N5O5S.CH4/c1-36-11-10-28-22(33)16-8-9-21(37-2)20(13-16)31-23-29-14-17(24(25,26)27)19(30-23)12-15-6-4-5-7-18(15)32-38(3,34)35;/h8-9,13-15,18,32H,4-7,10-12H2,1-3H3,(H,28,33)(H,29,30,31);1H4/t15-,18+;/m0./s1. The molecule has 10 nitrogen and oxygen atoms in total. The topological polar surface area (TPSA) is 132 Å². The molecule has 1 aliphatic carbocycles. The van der Waals surface area contributed by atoms with Crippen molar-refractivity contribution in [1.82, 2.24) is 20.0 Å². The van der Waals surface area contributed by atoms with Crippen molar-refractivity contribution < 1.29 is 35.9 Å². The Morgan fingerprint density at radius 1 is 1.18 bits per heavy atom. The van der Waals surface area contributed by atoms with Crippen molar-refractivity contribution in [2.24, 2.45) is 5.92 Å². The molecule has 218 valence electrons. The maximum atomic E-state index is 13.8. The molecule has 14 heteroatoms. The van der Waals surface area contributed by atoms with Gasteiger partial charge in [0.2, 0.25) is 16.0 Å². The van der Waals surface area contributed by atoms with E-state index in [9.17, 15) is 26.4 Å². The summed E-state index contributed by atoms with van der Waals surface area (Å²) in [5, 5.41) is 5.55. The number of amides is 1. The predicted octanol–water partition coefficient (Wildman–Crippen LogP) is 3.91. The number of nitrogens with one attached hydrogen (secondary N) is 3. The third-order valence-corrected chi connectivity index (χ3v) is 6.93. The number of sulfonamides is 1. The highest BCUT2D eigenvalue weighted by Gasteiger charge is 2.37. The minimum absolute atomic E-state index is 0. The lowest BCUT2D eigenvalue weighted by Crippen LogP contribution is -2.42. The number of rotatable bonds is 11. The summed E-state index contributed by atoms with van der Waals surface area (Å²) in [6, 6.07) is 4.08. The summed E-state index contributed by atoms with van der Waals surface area (Å²) in [7, 11) is -0.611. The summed E-state index contributed by atoms with van der Waals surface area (Å²) >= 11 is 0. The fraction of sp³-hybridized carbons (Fsp3) is 0.560. The summed E-state index contributed by atoms with van der Waals surface area (Å²) in [6.07, 6.45) is -0.385. The minimum Gasteiger partial charge on any atom is -0.495 e. The highest BCUT2D eigenvalue weighted by atomic mass is 32.2. The molecule has 1 saturated carbocycles. The van der Waals surface area contributed by atoms with Gasteiger partial charge in [-0.3, -0.25) is 4.79 Å². The maximum absolute atomic E-state index is 13.8. The Morgan fingerprint density at radius 3 is 2.54 bits per heavy atom. The molecule has 0 aliphatic heterocycles. The van der Waals surface area contributed by atoms with Crippen molar-refractivity contribution in [3.63, 3.8) is 0 Å². The summed E-state index contributed by atoms with van der Waals surface area (Å²) in [4.78, 5) is 20.5. The maximum Gasteiger partial charge on any atom is 0.419 e. The normalized spacial score (nSPS) is 17.7. The largest absolute Gasteiger partial charge is 0.495 e. The van der Waals surface area contributed by atoms with Gasteiger partial charge in [0.1, 0.15) is 5.75 Å². The number of nitrogens with zero attached hydrogens (tertiary/aromatic N) is 2. The van der Waals surface area contributed by atoms with Crippen LogP contribution < -0.4 is 20.1 Å². The first kappa shape index (κ1) is 32.2. The molecule has 1 aromatic heterocycles. The smallest absolute Gasteiger partial charge is 0.419 e. The second-order valence-electron chi connectivity index (χ2n) is 9.09. The number of alkyl halides is 3. The molecule has 1 aliphatic rings. The molecule has 2 aromatic rings. The summed E-state index contributed by atoms with van der Waals surface area (Å²) in [6.45, 7) is 0.628. The van der Waals surface area contributed by atoms with E-state index >= 15 is 0 Å². The molecule has 0 saturated heterocycles. The van der Waals surface area contributed by atoms with Crippen molar-refractivity contribution in [3.8, 4) is 5.75 Å². The predicted molar refractivity (Wildman–Crippen MR) is 142 cm³/mol. The Kier molecular flexibility index (Phi) is 11.5. The lowest BCUT2D eigenvalue weighted by Gasteiger charge is -2.32. The van der Waals surface area contributed by atoms with Crippen LogP contribution in [0.2, 0.25) is 0 Å². The van der Waals surface area contributed by atoms with Gasteiger partial charge in [-0.2, -0.15) is 13.2 Å². The third-order valence-electron chi connectivity index (χ3n) is 6.20. The average molecular weight is 576 g/mol. The molecule has 1 amide bonds. The van der Waals surface area contributed by atoms with E-state index < -0.39 is 27.8 Å². The zero-order valence-electron chi connectivity index (χ0n) is 21.4. The summed E-state index contributed by atoms with van der Waals surface area (Å²) < 4.78 is 77.9. The van der Waals surface area contributed by atoms with Gasteiger partial charge in [-0.05, 0) is 43.4 Å². The van der Waals surface area contributed by atoms with Gasteiger partial charge in [0.15, 0.2) is 0 Å². The lowest BCUT2D eigenvalue weighted by atomic mass is 9.81. The molecule has 0 spiro atoms. The number of aromatic nitrogens is 2. The Labute approximate surface area is 227 Å². The van der Waals surface area contributed by atoms with Crippen LogP contribution in [-0.2, 0) is 27.4 Å².